The van der Waals surface area contributed by atoms with Crippen LogP contribution in [0.3, 0.4) is 0 Å². The molecule has 9 aromatic rings. The number of thiophene rings is 1. The molecule has 0 aliphatic heterocycles. The van der Waals surface area contributed by atoms with Gasteiger partial charge in [0.1, 0.15) is 0 Å². The van der Waals surface area contributed by atoms with Gasteiger partial charge in [-0.3, -0.25) is 0 Å². The predicted molar refractivity (Wildman–Crippen MR) is 226 cm³/mol. The Morgan fingerprint density at radius 2 is 0.923 bits per heavy atom. The Hall–Kier alpha value is -5.70. The molecule has 1 heterocycles. The zero-order chi connectivity index (χ0) is 34.4. The minimum absolute atomic E-state index is 0.597. The summed E-state index contributed by atoms with van der Waals surface area (Å²) in [5.41, 5.74) is 10.1. The molecule has 1 aromatic heterocycles. The van der Waals surface area contributed by atoms with Gasteiger partial charge in [-0.25, -0.2) is 0 Å². The fraction of sp³-hybridized carbons (Fsp3) is 0.120. The molecule has 0 saturated heterocycles. The summed E-state index contributed by atoms with van der Waals surface area (Å²) in [6, 6.07) is 63.2. The number of hydrogen-bond donors (Lipinski definition) is 0. The molecule has 0 N–H and O–H groups in total. The van der Waals surface area contributed by atoms with Crippen molar-refractivity contribution in [3.8, 4) is 22.3 Å². The highest BCUT2D eigenvalue weighted by Crippen LogP contribution is 2.51. The van der Waals surface area contributed by atoms with Gasteiger partial charge in [-0.2, -0.15) is 0 Å². The zero-order valence-corrected chi connectivity index (χ0v) is 30.0. The van der Waals surface area contributed by atoms with Gasteiger partial charge in [-0.15, -0.1) is 11.3 Å². The molecule has 10 rings (SSSR count). The average molecular weight is 686 g/mol. The molecule has 0 amide bonds. The molecule has 1 saturated carbocycles. The second-order valence-electron chi connectivity index (χ2n) is 14.2. The number of anilines is 3. The van der Waals surface area contributed by atoms with Crippen LogP contribution in [-0.4, -0.2) is 0 Å². The van der Waals surface area contributed by atoms with Crippen molar-refractivity contribution in [1.82, 2.24) is 0 Å². The normalized spacial score (nSPS) is 13.7. The van der Waals surface area contributed by atoms with E-state index < -0.39 is 0 Å². The SMILES string of the molecule is c1ccc(N(c2ccccc2-c2cccc3cccc(C4CCCCC4)c23)c2cccc3sc4ccccc4c23)c(-c2cccc3ccccc23)c1. The molecule has 8 aromatic carbocycles. The van der Waals surface area contributed by atoms with E-state index in [1.54, 1.807) is 0 Å². The largest absolute Gasteiger partial charge is 0.309 e. The van der Waals surface area contributed by atoms with Gasteiger partial charge in [0, 0.05) is 31.3 Å². The maximum atomic E-state index is 2.57. The highest BCUT2D eigenvalue weighted by molar-refractivity contribution is 7.26. The van der Waals surface area contributed by atoms with E-state index in [2.05, 4.69) is 175 Å². The number of nitrogens with zero attached hydrogens (tertiary/aromatic N) is 1. The molecule has 1 fully saturated rings. The molecule has 0 spiro atoms. The van der Waals surface area contributed by atoms with E-state index in [9.17, 15) is 0 Å². The fourth-order valence-corrected chi connectivity index (χ4v) is 10.1. The summed E-state index contributed by atoms with van der Waals surface area (Å²) in [4.78, 5) is 2.57. The molecule has 0 radical (unpaired) electrons. The van der Waals surface area contributed by atoms with Crippen molar-refractivity contribution in [1.29, 1.82) is 0 Å². The molecule has 0 bridgehead atoms. The number of fused-ring (bicyclic) bond motifs is 5. The molecular weight excluding hydrogens is 647 g/mol. The van der Waals surface area contributed by atoms with Crippen LogP contribution >= 0.6 is 11.3 Å². The summed E-state index contributed by atoms with van der Waals surface area (Å²) in [5, 5.41) is 7.84. The molecule has 1 aliphatic carbocycles. The summed E-state index contributed by atoms with van der Waals surface area (Å²) < 4.78 is 2.61. The Labute approximate surface area is 309 Å². The first kappa shape index (κ1) is 31.1. The Morgan fingerprint density at radius 3 is 1.73 bits per heavy atom. The second-order valence-corrected chi connectivity index (χ2v) is 15.3. The molecule has 2 heteroatoms. The van der Waals surface area contributed by atoms with Crippen LogP contribution in [0.4, 0.5) is 17.1 Å². The van der Waals surface area contributed by atoms with Crippen LogP contribution in [0.2, 0.25) is 0 Å². The topological polar surface area (TPSA) is 3.24 Å². The number of para-hydroxylation sites is 2. The summed E-state index contributed by atoms with van der Waals surface area (Å²) in [5.74, 6) is 0.597. The van der Waals surface area contributed by atoms with Crippen molar-refractivity contribution < 1.29 is 0 Å². The first-order valence-electron chi connectivity index (χ1n) is 18.7. The van der Waals surface area contributed by atoms with Crippen LogP contribution < -0.4 is 4.90 Å². The van der Waals surface area contributed by atoms with Crippen molar-refractivity contribution in [2.24, 2.45) is 0 Å². The van der Waals surface area contributed by atoms with Crippen LogP contribution in [0, 0.1) is 0 Å². The van der Waals surface area contributed by atoms with E-state index in [4.69, 9.17) is 0 Å². The van der Waals surface area contributed by atoms with Crippen molar-refractivity contribution in [2.45, 2.75) is 38.0 Å². The van der Waals surface area contributed by atoms with Gasteiger partial charge >= 0.3 is 0 Å². The lowest BCUT2D eigenvalue weighted by Crippen LogP contribution is -2.13. The van der Waals surface area contributed by atoms with Gasteiger partial charge in [0.15, 0.2) is 0 Å². The van der Waals surface area contributed by atoms with Gasteiger partial charge in [0.25, 0.3) is 0 Å². The first-order valence-corrected chi connectivity index (χ1v) is 19.5. The van der Waals surface area contributed by atoms with Crippen molar-refractivity contribution in [3.05, 3.63) is 175 Å². The standard InChI is InChI=1S/C50H39NS/c1-2-16-35(17-3-1)38-26-13-20-36-21-14-28-42(49(36)38)41-24-7-10-30-45(41)51(46-31-15-33-48-50(46)43-25-8-11-32-47(43)52-48)44-29-9-6-23-40(44)39-27-12-19-34-18-4-5-22-37(34)39/h4-15,18-33,35H,1-3,16-17H2. The third-order valence-corrected chi connectivity index (χ3v) is 12.4. The Morgan fingerprint density at radius 1 is 0.385 bits per heavy atom. The summed E-state index contributed by atoms with van der Waals surface area (Å²) in [6.45, 7) is 0. The Bertz CT molecular complexity index is 2740. The molecular formula is C50H39NS. The van der Waals surface area contributed by atoms with Gasteiger partial charge in [0.2, 0.25) is 0 Å². The smallest absolute Gasteiger partial charge is 0.0555 e. The fourth-order valence-electron chi connectivity index (χ4n) is 8.93. The van der Waals surface area contributed by atoms with E-state index in [1.807, 2.05) is 11.3 Å². The van der Waals surface area contributed by atoms with Crippen LogP contribution in [0.5, 0.6) is 0 Å². The van der Waals surface area contributed by atoms with Gasteiger partial charge < -0.3 is 4.90 Å². The first-order chi connectivity index (χ1) is 25.8. The number of hydrogen-bond acceptors (Lipinski definition) is 2. The maximum Gasteiger partial charge on any atom is 0.0555 e. The van der Waals surface area contributed by atoms with Gasteiger partial charge in [0.05, 0.1) is 17.1 Å². The van der Waals surface area contributed by atoms with Crippen LogP contribution in [-0.2, 0) is 0 Å². The lowest BCUT2D eigenvalue weighted by Gasteiger charge is -2.31. The molecule has 1 nitrogen and oxygen atoms in total. The monoisotopic (exact) mass is 685 g/mol. The lowest BCUT2D eigenvalue weighted by molar-refractivity contribution is 0.445. The van der Waals surface area contributed by atoms with E-state index in [0.29, 0.717) is 5.92 Å². The Kier molecular flexibility index (Phi) is 7.84. The summed E-state index contributed by atoms with van der Waals surface area (Å²) in [7, 11) is 0. The molecule has 0 unspecified atom stereocenters. The number of rotatable bonds is 6. The van der Waals surface area contributed by atoms with Gasteiger partial charge in [-0.1, -0.05) is 159 Å². The third-order valence-electron chi connectivity index (χ3n) is 11.3. The summed E-state index contributed by atoms with van der Waals surface area (Å²) in [6.07, 6.45) is 6.53. The van der Waals surface area contributed by atoms with Crippen LogP contribution in [0.1, 0.15) is 43.6 Å². The molecule has 1 aliphatic rings. The predicted octanol–water partition coefficient (Wildman–Crippen LogP) is 15.2. The quantitative estimate of drug-likeness (QED) is 0.168. The second kappa shape index (κ2) is 13.1. The summed E-state index contributed by atoms with van der Waals surface area (Å²) >= 11 is 1.88. The van der Waals surface area contributed by atoms with E-state index >= 15 is 0 Å². The van der Waals surface area contributed by atoms with Crippen LogP contribution in [0.25, 0.3) is 64.0 Å². The molecule has 0 atom stereocenters. The van der Waals surface area contributed by atoms with Crippen LogP contribution in [0.15, 0.2) is 170 Å². The van der Waals surface area contributed by atoms with Crippen molar-refractivity contribution in [3.63, 3.8) is 0 Å². The van der Waals surface area contributed by atoms with Crippen molar-refractivity contribution in [2.75, 3.05) is 4.90 Å². The van der Waals surface area contributed by atoms with E-state index in [0.717, 1.165) is 0 Å². The highest BCUT2D eigenvalue weighted by Gasteiger charge is 2.26. The molecule has 52 heavy (non-hydrogen) atoms. The minimum atomic E-state index is 0.597. The zero-order valence-electron chi connectivity index (χ0n) is 29.1. The molecule has 250 valence electrons. The highest BCUT2D eigenvalue weighted by atomic mass is 32.1. The number of benzene rings is 8. The lowest BCUT2D eigenvalue weighted by atomic mass is 9.80. The van der Waals surface area contributed by atoms with Crippen molar-refractivity contribution >= 4 is 70.1 Å². The maximum absolute atomic E-state index is 2.57. The van der Waals surface area contributed by atoms with Gasteiger partial charge in [-0.05, 0) is 87.3 Å². The van der Waals surface area contributed by atoms with E-state index in [1.165, 1.54) is 119 Å². The van der Waals surface area contributed by atoms with E-state index in [-0.39, 0.29) is 0 Å². The Balaban J connectivity index is 1.29. The average Bonchev–Trinajstić information content (AvgIpc) is 3.61. The third kappa shape index (κ3) is 5.21. The minimum Gasteiger partial charge on any atom is -0.309 e.